The third-order valence-electron chi connectivity index (χ3n) is 3.10. The van der Waals surface area contributed by atoms with Gasteiger partial charge in [0.1, 0.15) is 0 Å². The molecule has 0 aliphatic rings. The van der Waals surface area contributed by atoms with Crippen molar-refractivity contribution in [3.8, 4) is 0 Å². The molecule has 0 radical (unpaired) electrons. The number of benzene rings is 1. The second kappa shape index (κ2) is 6.63. The third-order valence-corrected chi connectivity index (χ3v) is 3.10. The highest BCUT2D eigenvalue weighted by Crippen LogP contribution is 2.13. The minimum Gasteiger partial charge on any atom is -0.306 e. The molecule has 0 aliphatic heterocycles. The monoisotopic (exact) mass is 304 g/mol. The Labute approximate surface area is 128 Å². The largest absolute Gasteiger partial charge is 0.306 e. The van der Waals surface area contributed by atoms with Crippen LogP contribution < -0.4 is 10.8 Å². The number of hydrogen-bond donors (Lipinski definition) is 3. The van der Waals surface area contributed by atoms with Gasteiger partial charge < -0.3 is 5.32 Å². The molecular formula is C14H20N6O2. The lowest BCUT2D eigenvalue weighted by Crippen LogP contribution is -2.28. The fraction of sp³-hybridized carbons (Fsp3) is 0.429. The second-order valence-electron chi connectivity index (χ2n) is 5.92. The summed E-state index contributed by atoms with van der Waals surface area (Å²) in [5.41, 5.74) is 2.86. The Morgan fingerprint density at radius 1 is 1.23 bits per heavy atom. The number of rotatable bonds is 5. The topological polar surface area (TPSA) is 105 Å². The standard InChI is InChI=1S/C14H20N6O2/c1-14(2,3)20-12(16-18-19-20)9-15-8-10-4-6-11(7-5-10)13(21)17-22/h4-7,15,22H,8-9H2,1-3H3,(H,17,21). The first-order chi connectivity index (χ1) is 10.4. The Morgan fingerprint density at radius 2 is 1.91 bits per heavy atom. The lowest BCUT2D eigenvalue weighted by molar-refractivity contribution is 0.0706. The summed E-state index contributed by atoms with van der Waals surface area (Å²) >= 11 is 0. The second-order valence-corrected chi connectivity index (χ2v) is 5.92. The van der Waals surface area contributed by atoms with E-state index in [1.807, 2.05) is 32.9 Å². The molecule has 1 amide bonds. The molecule has 0 unspecified atom stereocenters. The van der Waals surface area contributed by atoms with E-state index in [0.717, 1.165) is 11.4 Å². The third kappa shape index (κ3) is 3.86. The molecule has 0 spiro atoms. The van der Waals surface area contributed by atoms with Crippen molar-refractivity contribution >= 4 is 5.91 Å². The van der Waals surface area contributed by atoms with Gasteiger partial charge in [0.2, 0.25) is 0 Å². The van der Waals surface area contributed by atoms with Gasteiger partial charge in [-0.15, -0.1) is 5.10 Å². The zero-order valence-electron chi connectivity index (χ0n) is 12.9. The fourth-order valence-electron chi connectivity index (χ4n) is 1.99. The molecule has 0 saturated heterocycles. The van der Waals surface area contributed by atoms with Gasteiger partial charge in [0.25, 0.3) is 5.91 Å². The average molecular weight is 304 g/mol. The van der Waals surface area contributed by atoms with Gasteiger partial charge >= 0.3 is 0 Å². The molecule has 0 bridgehead atoms. The first-order valence-electron chi connectivity index (χ1n) is 6.93. The molecule has 1 heterocycles. The molecule has 22 heavy (non-hydrogen) atoms. The predicted octanol–water partition coefficient (Wildman–Crippen LogP) is 0.837. The highest BCUT2D eigenvalue weighted by molar-refractivity contribution is 5.93. The maximum Gasteiger partial charge on any atom is 0.274 e. The normalized spacial score (nSPS) is 11.5. The van der Waals surface area contributed by atoms with E-state index in [1.165, 1.54) is 0 Å². The van der Waals surface area contributed by atoms with Gasteiger partial charge in [0.05, 0.1) is 12.1 Å². The molecule has 0 aliphatic carbocycles. The Balaban J connectivity index is 1.92. The van der Waals surface area contributed by atoms with Crippen LogP contribution >= 0.6 is 0 Å². The molecule has 8 heteroatoms. The van der Waals surface area contributed by atoms with Crippen LogP contribution in [0.4, 0.5) is 0 Å². The van der Waals surface area contributed by atoms with Gasteiger partial charge in [-0.05, 0) is 48.9 Å². The van der Waals surface area contributed by atoms with Crippen molar-refractivity contribution in [2.75, 3.05) is 0 Å². The van der Waals surface area contributed by atoms with E-state index in [1.54, 1.807) is 22.3 Å². The molecule has 0 atom stereocenters. The fourth-order valence-corrected chi connectivity index (χ4v) is 1.99. The molecule has 0 fully saturated rings. The van der Waals surface area contributed by atoms with Crippen LogP contribution in [0.15, 0.2) is 24.3 Å². The van der Waals surface area contributed by atoms with Crippen LogP contribution in [0.5, 0.6) is 0 Å². The van der Waals surface area contributed by atoms with Crippen molar-refractivity contribution in [1.29, 1.82) is 0 Å². The minimum absolute atomic E-state index is 0.167. The molecule has 1 aromatic carbocycles. The SMILES string of the molecule is CC(C)(C)n1nnnc1CNCc1ccc(C(=O)NO)cc1. The summed E-state index contributed by atoms with van der Waals surface area (Å²) in [4.78, 5) is 11.2. The first-order valence-corrected chi connectivity index (χ1v) is 6.93. The maximum atomic E-state index is 11.2. The summed E-state index contributed by atoms with van der Waals surface area (Å²) in [5.74, 6) is 0.243. The number of nitrogens with zero attached hydrogens (tertiary/aromatic N) is 4. The molecule has 0 saturated carbocycles. The van der Waals surface area contributed by atoms with Crippen molar-refractivity contribution in [2.45, 2.75) is 39.4 Å². The van der Waals surface area contributed by atoms with Gasteiger partial charge in [0, 0.05) is 12.1 Å². The van der Waals surface area contributed by atoms with E-state index in [-0.39, 0.29) is 5.54 Å². The van der Waals surface area contributed by atoms with Crippen LogP contribution in [0.25, 0.3) is 0 Å². The van der Waals surface area contributed by atoms with Crippen LogP contribution in [0, 0.1) is 0 Å². The summed E-state index contributed by atoms with van der Waals surface area (Å²) in [6.07, 6.45) is 0. The zero-order valence-corrected chi connectivity index (χ0v) is 12.9. The average Bonchev–Trinajstić information content (AvgIpc) is 2.96. The first kappa shape index (κ1) is 16.1. The molecule has 8 nitrogen and oxygen atoms in total. The minimum atomic E-state index is -0.524. The summed E-state index contributed by atoms with van der Waals surface area (Å²) in [7, 11) is 0. The molecule has 2 rings (SSSR count). The van der Waals surface area contributed by atoms with E-state index in [4.69, 9.17) is 5.21 Å². The Hall–Kier alpha value is -2.32. The van der Waals surface area contributed by atoms with Crippen LogP contribution in [0.3, 0.4) is 0 Å². The number of nitrogens with one attached hydrogen (secondary N) is 2. The Bertz CT molecular complexity index is 630. The molecular weight excluding hydrogens is 284 g/mol. The molecule has 118 valence electrons. The van der Waals surface area contributed by atoms with E-state index >= 15 is 0 Å². The van der Waals surface area contributed by atoms with Crippen LogP contribution in [-0.2, 0) is 18.6 Å². The molecule has 3 N–H and O–H groups in total. The quantitative estimate of drug-likeness (QED) is 0.558. The maximum absolute atomic E-state index is 11.2. The Kier molecular flexibility index (Phi) is 4.84. The van der Waals surface area contributed by atoms with Gasteiger partial charge in [-0.1, -0.05) is 12.1 Å². The number of carbonyl (C=O) groups is 1. The van der Waals surface area contributed by atoms with Crippen molar-refractivity contribution in [2.24, 2.45) is 0 Å². The number of hydrogen-bond acceptors (Lipinski definition) is 6. The van der Waals surface area contributed by atoms with E-state index in [9.17, 15) is 4.79 Å². The number of aromatic nitrogens is 4. The van der Waals surface area contributed by atoms with Crippen molar-refractivity contribution in [3.63, 3.8) is 0 Å². The summed E-state index contributed by atoms with van der Waals surface area (Å²) in [6, 6.07) is 6.96. The van der Waals surface area contributed by atoms with Crippen LogP contribution in [-0.4, -0.2) is 31.3 Å². The summed E-state index contributed by atoms with van der Waals surface area (Å²) < 4.78 is 1.79. The zero-order chi connectivity index (χ0) is 16.2. The molecule has 1 aromatic heterocycles. The van der Waals surface area contributed by atoms with Gasteiger partial charge in [-0.2, -0.15) is 0 Å². The van der Waals surface area contributed by atoms with Crippen molar-refractivity contribution in [1.82, 2.24) is 31.0 Å². The lowest BCUT2D eigenvalue weighted by Gasteiger charge is -2.20. The molecule has 2 aromatic rings. The number of hydroxylamine groups is 1. The van der Waals surface area contributed by atoms with E-state index < -0.39 is 5.91 Å². The smallest absolute Gasteiger partial charge is 0.274 e. The van der Waals surface area contributed by atoms with Gasteiger partial charge in [-0.3, -0.25) is 10.0 Å². The van der Waals surface area contributed by atoms with Crippen molar-refractivity contribution < 1.29 is 10.0 Å². The van der Waals surface area contributed by atoms with Crippen LogP contribution in [0.1, 0.15) is 42.5 Å². The van der Waals surface area contributed by atoms with E-state index in [0.29, 0.717) is 18.7 Å². The van der Waals surface area contributed by atoms with Crippen LogP contribution in [0.2, 0.25) is 0 Å². The predicted molar refractivity (Wildman–Crippen MR) is 79.1 cm³/mol. The van der Waals surface area contributed by atoms with Gasteiger partial charge in [-0.25, -0.2) is 10.2 Å². The highest BCUT2D eigenvalue weighted by Gasteiger charge is 2.19. The van der Waals surface area contributed by atoms with E-state index in [2.05, 4.69) is 20.8 Å². The number of amides is 1. The van der Waals surface area contributed by atoms with Crippen molar-refractivity contribution in [3.05, 3.63) is 41.2 Å². The Morgan fingerprint density at radius 3 is 2.50 bits per heavy atom. The summed E-state index contributed by atoms with van der Waals surface area (Å²) in [5, 5.41) is 23.6. The lowest BCUT2D eigenvalue weighted by atomic mass is 10.1. The number of tetrazole rings is 1. The van der Waals surface area contributed by atoms with Gasteiger partial charge in [0.15, 0.2) is 5.82 Å². The highest BCUT2D eigenvalue weighted by atomic mass is 16.5. The summed E-state index contributed by atoms with van der Waals surface area (Å²) in [6.45, 7) is 7.29. The number of carbonyl (C=O) groups excluding carboxylic acids is 1.